The van der Waals surface area contributed by atoms with Crippen LogP contribution in [0.25, 0.3) is 10.9 Å². The van der Waals surface area contributed by atoms with Crippen LogP contribution in [0.4, 0.5) is 0 Å². The minimum absolute atomic E-state index is 0.169. The second kappa shape index (κ2) is 9.80. The van der Waals surface area contributed by atoms with Crippen molar-refractivity contribution in [2.75, 3.05) is 12.3 Å². The van der Waals surface area contributed by atoms with Gasteiger partial charge in [-0.15, -0.1) is 11.8 Å². The predicted molar refractivity (Wildman–Crippen MR) is 117 cm³/mol. The molecule has 0 aliphatic rings. The highest BCUT2D eigenvalue weighted by Gasteiger charge is 2.19. The summed E-state index contributed by atoms with van der Waals surface area (Å²) in [7, 11) is 0. The van der Waals surface area contributed by atoms with Crippen LogP contribution in [-0.4, -0.2) is 35.1 Å². The van der Waals surface area contributed by atoms with Crippen LogP contribution in [0.3, 0.4) is 0 Å². The van der Waals surface area contributed by atoms with E-state index >= 15 is 0 Å². The highest BCUT2D eigenvalue weighted by atomic mass is 79.9. The van der Waals surface area contributed by atoms with E-state index in [-0.39, 0.29) is 11.8 Å². The Bertz CT molecular complexity index is 973. The SMILES string of the molecule is CC(=O)NC(CSc1cccc(Br)c1)C(=O)NCCc1c[nH]c2ccccc12. The van der Waals surface area contributed by atoms with E-state index in [1.807, 2.05) is 48.7 Å². The summed E-state index contributed by atoms with van der Waals surface area (Å²) in [5, 5.41) is 6.86. The number of amides is 2. The Balaban J connectivity index is 1.55. The summed E-state index contributed by atoms with van der Waals surface area (Å²) >= 11 is 4.98. The lowest BCUT2D eigenvalue weighted by atomic mass is 10.1. The highest BCUT2D eigenvalue weighted by molar-refractivity contribution is 9.10. The molecule has 5 nitrogen and oxygen atoms in total. The molecule has 2 aromatic carbocycles. The number of fused-ring (bicyclic) bond motifs is 1. The second-order valence-corrected chi connectivity index (χ2v) is 8.43. The molecule has 146 valence electrons. The Kier molecular flexibility index (Phi) is 7.17. The van der Waals surface area contributed by atoms with Crippen LogP contribution >= 0.6 is 27.7 Å². The summed E-state index contributed by atoms with van der Waals surface area (Å²) in [6.45, 7) is 1.94. The number of benzene rings is 2. The van der Waals surface area contributed by atoms with E-state index in [0.29, 0.717) is 12.3 Å². The molecule has 3 N–H and O–H groups in total. The molecule has 0 spiro atoms. The normalized spacial score (nSPS) is 11.9. The van der Waals surface area contributed by atoms with Crippen LogP contribution in [0.15, 0.2) is 64.1 Å². The largest absolute Gasteiger partial charge is 0.361 e. The number of halogens is 1. The molecule has 0 bridgehead atoms. The van der Waals surface area contributed by atoms with Crippen LogP contribution < -0.4 is 10.6 Å². The van der Waals surface area contributed by atoms with Gasteiger partial charge in [0.05, 0.1) is 0 Å². The summed E-state index contributed by atoms with van der Waals surface area (Å²) in [6, 6.07) is 15.4. The zero-order valence-electron chi connectivity index (χ0n) is 15.5. The van der Waals surface area contributed by atoms with Crippen molar-refractivity contribution in [2.24, 2.45) is 0 Å². The number of para-hydroxylation sites is 1. The van der Waals surface area contributed by atoms with Crippen molar-refractivity contribution in [3.63, 3.8) is 0 Å². The lowest BCUT2D eigenvalue weighted by Crippen LogP contribution is -2.48. The quantitative estimate of drug-likeness (QED) is 0.447. The van der Waals surface area contributed by atoms with Crippen molar-refractivity contribution in [1.82, 2.24) is 15.6 Å². The first-order valence-corrected chi connectivity index (χ1v) is 10.8. The van der Waals surface area contributed by atoms with Gasteiger partial charge in [0.15, 0.2) is 0 Å². The Labute approximate surface area is 176 Å². The molecule has 0 saturated carbocycles. The van der Waals surface area contributed by atoms with Gasteiger partial charge in [0.1, 0.15) is 6.04 Å². The van der Waals surface area contributed by atoms with Gasteiger partial charge >= 0.3 is 0 Å². The number of hydrogen-bond acceptors (Lipinski definition) is 3. The van der Waals surface area contributed by atoms with E-state index in [1.165, 1.54) is 24.1 Å². The van der Waals surface area contributed by atoms with E-state index in [2.05, 4.69) is 37.6 Å². The van der Waals surface area contributed by atoms with Gasteiger partial charge in [-0.1, -0.05) is 40.2 Å². The molecule has 3 rings (SSSR count). The minimum atomic E-state index is -0.579. The molecule has 0 radical (unpaired) electrons. The number of carbonyl (C=O) groups excluding carboxylic acids is 2. The van der Waals surface area contributed by atoms with E-state index < -0.39 is 6.04 Å². The number of thioether (sulfide) groups is 1. The first-order chi connectivity index (χ1) is 13.5. The second-order valence-electron chi connectivity index (χ2n) is 6.42. The molecular formula is C21H22BrN3O2S. The smallest absolute Gasteiger partial charge is 0.243 e. The summed E-state index contributed by atoms with van der Waals surface area (Å²) in [6.07, 6.45) is 2.70. The van der Waals surface area contributed by atoms with Gasteiger partial charge in [-0.05, 0) is 36.2 Å². The topological polar surface area (TPSA) is 74.0 Å². The standard InChI is InChI=1S/C21H22BrN3O2S/c1-14(26)25-20(13-28-17-6-4-5-16(22)11-17)21(27)23-10-9-15-12-24-19-8-3-2-7-18(15)19/h2-8,11-12,20,24H,9-10,13H2,1H3,(H,23,27)(H,25,26). The number of hydrogen-bond donors (Lipinski definition) is 3. The molecule has 28 heavy (non-hydrogen) atoms. The monoisotopic (exact) mass is 459 g/mol. The van der Waals surface area contributed by atoms with Crippen LogP contribution in [-0.2, 0) is 16.0 Å². The summed E-state index contributed by atoms with van der Waals surface area (Å²) in [5.74, 6) is 0.0822. The number of nitrogens with one attached hydrogen (secondary N) is 3. The van der Waals surface area contributed by atoms with Gasteiger partial charge in [-0.2, -0.15) is 0 Å². The molecule has 2 amide bonds. The molecule has 1 aromatic heterocycles. The molecule has 0 aliphatic heterocycles. The lowest BCUT2D eigenvalue weighted by Gasteiger charge is -2.17. The molecule has 1 atom stereocenters. The number of aromatic nitrogens is 1. The van der Waals surface area contributed by atoms with Crippen LogP contribution in [0.5, 0.6) is 0 Å². The van der Waals surface area contributed by atoms with Gasteiger partial charge in [-0.25, -0.2) is 0 Å². The average Bonchev–Trinajstić information content (AvgIpc) is 3.08. The fourth-order valence-corrected chi connectivity index (χ4v) is 4.48. The maximum Gasteiger partial charge on any atom is 0.243 e. The summed E-state index contributed by atoms with van der Waals surface area (Å²) in [5.41, 5.74) is 2.25. The molecule has 1 unspecified atom stereocenters. The Morgan fingerprint density at radius 2 is 2.00 bits per heavy atom. The van der Waals surface area contributed by atoms with Gasteiger partial charge < -0.3 is 15.6 Å². The Hall–Kier alpha value is -2.25. The average molecular weight is 460 g/mol. The molecule has 3 aromatic rings. The number of aromatic amines is 1. The highest BCUT2D eigenvalue weighted by Crippen LogP contribution is 2.22. The predicted octanol–water partition coefficient (Wildman–Crippen LogP) is 3.89. The van der Waals surface area contributed by atoms with Gasteiger partial charge in [0.2, 0.25) is 11.8 Å². The fraction of sp³-hybridized carbons (Fsp3) is 0.238. The minimum Gasteiger partial charge on any atom is -0.361 e. The van der Waals surface area contributed by atoms with E-state index in [4.69, 9.17) is 0 Å². The summed E-state index contributed by atoms with van der Waals surface area (Å²) < 4.78 is 0.983. The van der Waals surface area contributed by atoms with Crippen molar-refractivity contribution in [3.05, 3.63) is 64.8 Å². The first-order valence-electron chi connectivity index (χ1n) is 9.01. The van der Waals surface area contributed by atoms with Gasteiger partial charge in [0, 0.05) is 45.7 Å². The van der Waals surface area contributed by atoms with Gasteiger partial charge in [-0.3, -0.25) is 9.59 Å². The van der Waals surface area contributed by atoms with Crippen molar-refractivity contribution in [2.45, 2.75) is 24.3 Å². The van der Waals surface area contributed by atoms with E-state index in [0.717, 1.165) is 26.9 Å². The van der Waals surface area contributed by atoms with Crippen LogP contribution in [0.1, 0.15) is 12.5 Å². The molecule has 0 fully saturated rings. The first kappa shape index (κ1) is 20.5. The number of carbonyl (C=O) groups is 2. The number of rotatable bonds is 8. The lowest BCUT2D eigenvalue weighted by molar-refractivity contribution is -0.127. The zero-order chi connectivity index (χ0) is 19.9. The third-order valence-electron chi connectivity index (χ3n) is 4.28. The number of H-pyrrole nitrogens is 1. The van der Waals surface area contributed by atoms with E-state index in [1.54, 1.807) is 0 Å². The van der Waals surface area contributed by atoms with Crippen molar-refractivity contribution in [1.29, 1.82) is 0 Å². The van der Waals surface area contributed by atoms with Crippen LogP contribution in [0, 0.1) is 0 Å². The van der Waals surface area contributed by atoms with Crippen LogP contribution in [0.2, 0.25) is 0 Å². The fourth-order valence-electron chi connectivity index (χ4n) is 2.95. The Morgan fingerprint density at radius 1 is 1.18 bits per heavy atom. The van der Waals surface area contributed by atoms with Crippen molar-refractivity contribution < 1.29 is 9.59 Å². The maximum atomic E-state index is 12.6. The van der Waals surface area contributed by atoms with Crippen molar-refractivity contribution in [3.8, 4) is 0 Å². The zero-order valence-corrected chi connectivity index (χ0v) is 17.9. The maximum absolute atomic E-state index is 12.6. The van der Waals surface area contributed by atoms with E-state index in [9.17, 15) is 9.59 Å². The third kappa shape index (κ3) is 5.62. The third-order valence-corrected chi connectivity index (χ3v) is 5.86. The van der Waals surface area contributed by atoms with Crippen molar-refractivity contribution >= 4 is 50.4 Å². The molecular weight excluding hydrogens is 438 g/mol. The summed E-state index contributed by atoms with van der Waals surface area (Å²) in [4.78, 5) is 28.4. The Morgan fingerprint density at radius 3 is 2.79 bits per heavy atom. The van der Waals surface area contributed by atoms with Gasteiger partial charge in [0.25, 0.3) is 0 Å². The molecule has 0 saturated heterocycles. The molecule has 7 heteroatoms. The molecule has 1 heterocycles. The molecule has 0 aliphatic carbocycles.